The van der Waals surface area contributed by atoms with Gasteiger partial charge in [-0.25, -0.2) is 4.39 Å². The summed E-state index contributed by atoms with van der Waals surface area (Å²) >= 11 is 0. The largest absolute Gasteiger partial charge is 0.497 e. The highest BCUT2D eigenvalue weighted by molar-refractivity contribution is 14.0. The van der Waals surface area contributed by atoms with Crippen LogP contribution in [0.3, 0.4) is 0 Å². The molecule has 32 heavy (non-hydrogen) atoms. The zero-order valence-corrected chi connectivity index (χ0v) is 21.3. The van der Waals surface area contributed by atoms with Gasteiger partial charge in [0, 0.05) is 45.3 Å². The maximum atomic E-state index is 13.9. The van der Waals surface area contributed by atoms with Crippen LogP contribution < -0.4 is 24.8 Å². The van der Waals surface area contributed by atoms with Gasteiger partial charge in [0.1, 0.15) is 11.5 Å². The van der Waals surface area contributed by atoms with Gasteiger partial charge < -0.3 is 24.8 Å². The Morgan fingerprint density at radius 2 is 1.78 bits per heavy atom. The van der Waals surface area contributed by atoms with Crippen molar-refractivity contribution in [3.63, 3.8) is 0 Å². The molecule has 1 unspecified atom stereocenters. The third kappa shape index (κ3) is 7.13. The number of ether oxygens (including phenoxy) is 3. The van der Waals surface area contributed by atoms with E-state index in [2.05, 4.69) is 20.5 Å². The van der Waals surface area contributed by atoms with Crippen LogP contribution in [-0.2, 0) is 13.1 Å². The summed E-state index contributed by atoms with van der Waals surface area (Å²) in [6.45, 7) is 3.18. The Hall–Kier alpha value is -2.27. The quantitative estimate of drug-likeness (QED) is 0.294. The number of hydrogen-bond donors (Lipinski definition) is 2. The summed E-state index contributed by atoms with van der Waals surface area (Å²) in [5, 5.41) is 6.72. The van der Waals surface area contributed by atoms with Crippen LogP contribution in [0.15, 0.2) is 41.4 Å². The first-order chi connectivity index (χ1) is 15.0. The summed E-state index contributed by atoms with van der Waals surface area (Å²) in [5.74, 6) is 2.16. The predicted molar refractivity (Wildman–Crippen MR) is 135 cm³/mol. The predicted octanol–water partition coefficient (Wildman–Crippen LogP) is 3.41. The summed E-state index contributed by atoms with van der Waals surface area (Å²) in [6.07, 6.45) is 1.01. The molecule has 2 aromatic rings. The zero-order chi connectivity index (χ0) is 22.2. The van der Waals surface area contributed by atoms with Crippen molar-refractivity contribution in [3.05, 3.63) is 53.3 Å². The van der Waals surface area contributed by atoms with Crippen molar-refractivity contribution in [1.82, 2.24) is 15.5 Å². The molecule has 0 radical (unpaired) electrons. The van der Waals surface area contributed by atoms with E-state index in [4.69, 9.17) is 14.2 Å². The molecule has 2 N–H and O–H groups in total. The molecule has 0 amide bonds. The van der Waals surface area contributed by atoms with Gasteiger partial charge in [-0.15, -0.1) is 24.0 Å². The van der Waals surface area contributed by atoms with E-state index >= 15 is 0 Å². The molecule has 0 saturated carbocycles. The van der Waals surface area contributed by atoms with E-state index in [-0.39, 0.29) is 41.6 Å². The lowest BCUT2D eigenvalue weighted by atomic mass is 10.2. The van der Waals surface area contributed by atoms with Crippen molar-refractivity contribution in [2.24, 2.45) is 4.99 Å². The standard InChI is InChI=1S/C23H31FN4O3.HI/c1-25-23(26-13-16-5-6-22(31-4)21(24)11-16)27-18-7-8-28(15-18)14-17-9-19(29-2)12-20(10-17)30-3;/h5-6,9-12,18H,7-8,13-15H2,1-4H3,(H2,25,26,27);1H. The molecule has 3 rings (SSSR count). The second-order valence-corrected chi connectivity index (χ2v) is 7.48. The normalized spacial score (nSPS) is 16.3. The first-order valence-corrected chi connectivity index (χ1v) is 10.3. The van der Waals surface area contributed by atoms with E-state index in [1.807, 2.05) is 24.3 Å². The number of likely N-dealkylation sites (tertiary alicyclic amines) is 1. The fourth-order valence-corrected chi connectivity index (χ4v) is 3.70. The highest BCUT2D eigenvalue weighted by Gasteiger charge is 2.23. The van der Waals surface area contributed by atoms with Crippen molar-refractivity contribution in [1.29, 1.82) is 0 Å². The number of methoxy groups -OCH3 is 3. The summed E-state index contributed by atoms with van der Waals surface area (Å²) < 4.78 is 29.6. The minimum Gasteiger partial charge on any atom is -0.497 e. The van der Waals surface area contributed by atoms with Gasteiger partial charge >= 0.3 is 0 Å². The van der Waals surface area contributed by atoms with Crippen molar-refractivity contribution in [3.8, 4) is 17.2 Å². The molecule has 1 atom stereocenters. The lowest BCUT2D eigenvalue weighted by molar-refractivity contribution is 0.321. The van der Waals surface area contributed by atoms with Gasteiger partial charge in [0.15, 0.2) is 17.5 Å². The Morgan fingerprint density at radius 1 is 1.06 bits per heavy atom. The number of halogens is 2. The summed E-state index contributed by atoms with van der Waals surface area (Å²) in [6, 6.07) is 11.2. The average molecular weight is 558 g/mol. The lowest BCUT2D eigenvalue weighted by Gasteiger charge is -2.19. The molecule has 1 saturated heterocycles. The number of nitrogens with one attached hydrogen (secondary N) is 2. The molecule has 0 bridgehead atoms. The lowest BCUT2D eigenvalue weighted by Crippen LogP contribution is -2.44. The van der Waals surface area contributed by atoms with Gasteiger partial charge in [-0.2, -0.15) is 0 Å². The van der Waals surface area contributed by atoms with Crippen molar-refractivity contribution < 1.29 is 18.6 Å². The first kappa shape index (κ1) is 26.0. The Bertz CT molecular complexity index is 891. The van der Waals surface area contributed by atoms with Crippen LogP contribution in [0.2, 0.25) is 0 Å². The smallest absolute Gasteiger partial charge is 0.191 e. The van der Waals surface area contributed by atoms with E-state index < -0.39 is 0 Å². The van der Waals surface area contributed by atoms with Crippen LogP contribution in [-0.4, -0.2) is 58.4 Å². The van der Waals surface area contributed by atoms with E-state index in [1.165, 1.54) is 13.2 Å². The third-order valence-electron chi connectivity index (χ3n) is 5.33. The number of nitrogens with zero attached hydrogens (tertiary/aromatic N) is 2. The molecular formula is C23H32FIN4O3. The van der Waals surface area contributed by atoms with E-state index in [0.29, 0.717) is 12.5 Å². The minimum absolute atomic E-state index is 0. The van der Waals surface area contributed by atoms with Crippen molar-refractivity contribution >= 4 is 29.9 Å². The molecular weight excluding hydrogens is 526 g/mol. The Labute approximate surface area is 206 Å². The number of aliphatic imine (C=N–C) groups is 1. The summed E-state index contributed by atoms with van der Waals surface area (Å²) in [7, 11) is 6.51. The second-order valence-electron chi connectivity index (χ2n) is 7.48. The molecule has 1 aliphatic rings. The first-order valence-electron chi connectivity index (χ1n) is 10.3. The van der Waals surface area contributed by atoms with Crippen LogP contribution in [0.25, 0.3) is 0 Å². The Morgan fingerprint density at radius 3 is 2.38 bits per heavy atom. The number of rotatable bonds is 8. The van der Waals surface area contributed by atoms with Gasteiger partial charge in [-0.3, -0.25) is 9.89 Å². The third-order valence-corrected chi connectivity index (χ3v) is 5.33. The van der Waals surface area contributed by atoms with Gasteiger partial charge in [0.2, 0.25) is 0 Å². The average Bonchev–Trinajstić information content (AvgIpc) is 3.22. The molecule has 176 valence electrons. The van der Waals surface area contributed by atoms with Crippen LogP contribution >= 0.6 is 24.0 Å². The van der Waals surface area contributed by atoms with Crippen molar-refractivity contribution in [2.45, 2.75) is 25.6 Å². The van der Waals surface area contributed by atoms with Gasteiger partial charge in [-0.1, -0.05) is 6.07 Å². The Balaban J connectivity index is 0.00000363. The summed E-state index contributed by atoms with van der Waals surface area (Å²) in [4.78, 5) is 6.69. The molecule has 2 aromatic carbocycles. The van der Waals surface area contributed by atoms with Crippen LogP contribution in [0.4, 0.5) is 4.39 Å². The van der Waals surface area contributed by atoms with Gasteiger partial charge in [-0.05, 0) is 41.8 Å². The number of guanidine groups is 1. The monoisotopic (exact) mass is 558 g/mol. The fraction of sp³-hybridized carbons (Fsp3) is 0.435. The molecule has 7 nitrogen and oxygen atoms in total. The van der Waals surface area contributed by atoms with Crippen molar-refractivity contribution in [2.75, 3.05) is 41.5 Å². The van der Waals surface area contributed by atoms with Crippen LogP contribution in [0, 0.1) is 5.82 Å². The van der Waals surface area contributed by atoms with Gasteiger partial charge in [0.05, 0.1) is 21.3 Å². The van der Waals surface area contributed by atoms with Crippen LogP contribution in [0.5, 0.6) is 17.2 Å². The molecule has 1 aliphatic heterocycles. The summed E-state index contributed by atoms with van der Waals surface area (Å²) in [5.41, 5.74) is 1.97. The zero-order valence-electron chi connectivity index (χ0n) is 19.0. The minimum atomic E-state index is -0.370. The van der Waals surface area contributed by atoms with E-state index in [0.717, 1.165) is 48.7 Å². The Kier molecular flexibility index (Phi) is 10.3. The topological polar surface area (TPSA) is 67.4 Å². The number of hydrogen-bond acceptors (Lipinski definition) is 5. The second kappa shape index (κ2) is 12.7. The van der Waals surface area contributed by atoms with E-state index in [1.54, 1.807) is 27.3 Å². The number of benzene rings is 2. The van der Waals surface area contributed by atoms with Crippen LogP contribution in [0.1, 0.15) is 17.5 Å². The molecule has 0 spiro atoms. The molecule has 1 heterocycles. The maximum absolute atomic E-state index is 13.9. The highest BCUT2D eigenvalue weighted by atomic mass is 127. The van der Waals surface area contributed by atoms with Gasteiger partial charge in [0.25, 0.3) is 0 Å². The molecule has 0 aliphatic carbocycles. The molecule has 0 aromatic heterocycles. The maximum Gasteiger partial charge on any atom is 0.191 e. The highest BCUT2D eigenvalue weighted by Crippen LogP contribution is 2.24. The molecule has 9 heteroatoms. The molecule has 1 fully saturated rings. The van der Waals surface area contributed by atoms with E-state index in [9.17, 15) is 4.39 Å². The fourth-order valence-electron chi connectivity index (χ4n) is 3.70. The SMILES string of the molecule is CN=C(NCc1ccc(OC)c(F)c1)NC1CCN(Cc2cc(OC)cc(OC)c2)C1.I.